The zero-order chi connectivity index (χ0) is 19.5. The first kappa shape index (κ1) is 23.1. The second-order valence-corrected chi connectivity index (χ2v) is 6.14. The van der Waals surface area contributed by atoms with Crippen molar-refractivity contribution in [1.29, 1.82) is 0 Å². The van der Waals surface area contributed by atoms with E-state index in [4.69, 9.17) is 24.1 Å². The van der Waals surface area contributed by atoms with Crippen LogP contribution >= 0.6 is 0 Å². The van der Waals surface area contributed by atoms with Crippen LogP contribution in [0.1, 0.15) is 27.7 Å². The Hall–Kier alpha value is -1.91. The Bertz CT molecular complexity index is 436. The number of carbonyl (C=O) groups is 3. The lowest BCUT2D eigenvalue weighted by molar-refractivity contribution is -0.221. The first-order valence-electron chi connectivity index (χ1n) is 7.76. The Morgan fingerprint density at radius 1 is 1.16 bits per heavy atom. The molecule has 0 saturated carbocycles. The van der Waals surface area contributed by atoms with Gasteiger partial charge in [-0.2, -0.15) is 0 Å². The summed E-state index contributed by atoms with van der Waals surface area (Å²) in [5.74, 6) is -1.67. The number of rotatable bonds is 11. The molecule has 146 valence electrons. The smallest absolute Gasteiger partial charge is 0.407 e. The standard InChI is InChI=1S/C15H28N2O8/c1-11(18)24-14(17(5)10-12(19)20)23-9-8-22-7-6-16-13(21)25-15(2,3)4/h14H,6-10H2,1-5H3,(H,16,21)(H,19,20). The van der Waals surface area contributed by atoms with E-state index in [0.29, 0.717) is 0 Å². The van der Waals surface area contributed by atoms with Crippen LogP contribution in [-0.2, 0) is 28.5 Å². The van der Waals surface area contributed by atoms with E-state index in [-0.39, 0.29) is 32.9 Å². The minimum Gasteiger partial charge on any atom is -0.480 e. The molecular formula is C15H28N2O8. The zero-order valence-corrected chi connectivity index (χ0v) is 15.4. The summed E-state index contributed by atoms with van der Waals surface area (Å²) in [5.41, 5.74) is -0.563. The molecule has 0 radical (unpaired) electrons. The Kier molecular flexibility index (Phi) is 10.7. The molecule has 0 saturated heterocycles. The largest absolute Gasteiger partial charge is 0.480 e. The van der Waals surface area contributed by atoms with Gasteiger partial charge >= 0.3 is 18.0 Å². The van der Waals surface area contributed by atoms with Gasteiger partial charge in [0.05, 0.1) is 19.8 Å². The lowest BCUT2D eigenvalue weighted by atomic mass is 10.2. The minimum atomic E-state index is -1.11. The molecule has 1 atom stereocenters. The third kappa shape index (κ3) is 14.2. The highest BCUT2D eigenvalue weighted by molar-refractivity contribution is 5.69. The Morgan fingerprint density at radius 2 is 1.80 bits per heavy atom. The monoisotopic (exact) mass is 364 g/mol. The average Bonchev–Trinajstić information content (AvgIpc) is 2.41. The van der Waals surface area contributed by atoms with E-state index in [1.54, 1.807) is 20.8 Å². The Balaban J connectivity index is 3.93. The quantitative estimate of drug-likeness (QED) is 0.305. The molecule has 0 aromatic rings. The van der Waals surface area contributed by atoms with Gasteiger partial charge in [0.15, 0.2) is 0 Å². The van der Waals surface area contributed by atoms with Gasteiger partial charge < -0.3 is 29.4 Å². The third-order valence-corrected chi connectivity index (χ3v) is 2.41. The van der Waals surface area contributed by atoms with Crippen LogP contribution in [0.4, 0.5) is 4.79 Å². The van der Waals surface area contributed by atoms with Crippen LogP contribution in [0.5, 0.6) is 0 Å². The van der Waals surface area contributed by atoms with Gasteiger partial charge in [-0.05, 0) is 27.8 Å². The first-order chi connectivity index (χ1) is 11.5. The van der Waals surface area contributed by atoms with Gasteiger partial charge in [0.25, 0.3) is 6.41 Å². The van der Waals surface area contributed by atoms with Crippen molar-refractivity contribution in [3.8, 4) is 0 Å². The molecule has 0 aliphatic carbocycles. The summed E-state index contributed by atoms with van der Waals surface area (Å²) in [6.45, 7) is 6.91. The van der Waals surface area contributed by atoms with Gasteiger partial charge in [0.2, 0.25) is 0 Å². The zero-order valence-electron chi connectivity index (χ0n) is 15.4. The highest BCUT2D eigenvalue weighted by Crippen LogP contribution is 2.06. The fourth-order valence-corrected chi connectivity index (χ4v) is 1.53. The van der Waals surface area contributed by atoms with Gasteiger partial charge in [-0.1, -0.05) is 0 Å². The van der Waals surface area contributed by atoms with Crippen LogP contribution in [0.15, 0.2) is 0 Å². The van der Waals surface area contributed by atoms with Gasteiger partial charge in [-0.3, -0.25) is 9.59 Å². The molecular weight excluding hydrogens is 336 g/mol. The fourth-order valence-electron chi connectivity index (χ4n) is 1.53. The topological polar surface area (TPSA) is 124 Å². The molecule has 0 aliphatic rings. The molecule has 0 spiro atoms. The summed E-state index contributed by atoms with van der Waals surface area (Å²) in [4.78, 5) is 34.3. The molecule has 0 bridgehead atoms. The maximum absolute atomic E-state index is 11.4. The molecule has 0 aromatic heterocycles. The average molecular weight is 364 g/mol. The van der Waals surface area contributed by atoms with E-state index in [1.807, 2.05) is 0 Å². The second kappa shape index (κ2) is 11.6. The number of nitrogens with one attached hydrogen (secondary N) is 1. The molecule has 0 aromatic carbocycles. The Labute approximate surface area is 147 Å². The number of hydrogen-bond acceptors (Lipinski definition) is 8. The number of esters is 1. The predicted molar refractivity (Wildman–Crippen MR) is 86.8 cm³/mol. The van der Waals surface area contributed by atoms with Crippen molar-refractivity contribution in [3.63, 3.8) is 0 Å². The van der Waals surface area contributed by atoms with Gasteiger partial charge in [-0.25, -0.2) is 9.69 Å². The normalized spacial score (nSPS) is 12.6. The summed E-state index contributed by atoms with van der Waals surface area (Å²) in [5, 5.41) is 11.3. The number of amides is 1. The maximum atomic E-state index is 11.4. The molecule has 2 N–H and O–H groups in total. The van der Waals surface area contributed by atoms with E-state index in [2.05, 4.69) is 5.32 Å². The lowest BCUT2D eigenvalue weighted by Crippen LogP contribution is -2.41. The first-order valence-corrected chi connectivity index (χ1v) is 7.76. The van der Waals surface area contributed by atoms with Crippen molar-refractivity contribution >= 4 is 18.0 Å². The molecule has 10 nitrogen and oxygen atoms in total. The number of ether oxygens (including phenoxy) is 4. The van der Waals surface area contributed by atoms with Crippen molar-refractivity contribution in [3.05, 3.63) is 0 Å². The highest BCUT2D eigenvalue weighted by atomic mass is 16.7. The molecule has 0 heterocycles. The number of likely N-dealkylation sites (N-methyl/N-ethyl adjacent to an activating group) is 1. The Morgan fingerprint density at radius 3 is 2.32 bits per heavy atom. The van der Waals surface area contributed by atoms with Gasteiger partial charge in [-0.15, -0.1) is 0 Å². The van der Waals surface area contributed by atoms with Crippen LogP contribution < -0.4 is 5.32 Å². The molecule has 1 unspecified atom stereocenters. The van der Waals surface area contributed by atoms with Crippen molar-refractivity contribution in [2.75, 3.05) is 40.0 Å². The summed E-state index contributed by atoms with van der Waals surface area (Å²) < 4.78 is 20.5. The fraction of sp³-hybridized carbons (Fsp3) is 0.800. The number of hydrogen-bond donors (Lipinski definition) is 2. The summed E-state index contributed by atoms with van der Waals surface area (Å²) in [6, 6.07) is 0. The number of aliphatic carboxylic acids is 1. The SMILES string of the molecule is CC(=O)OC(OCCOCCNC(=O)OC(C)(C)C)N(C)CC(=O)O. The van der Waals surface area contributed by atoms with Crippen molar-refractivity contribution in [2.24, 2.45) is 0 Å². The molecule has 10 heteroatoms. The number of alkyl carbamates (subject to hydrolysis) is 1. The molecule has 1 amide bonds. The van der Waals surface area contributed by atoms with Crippen LogP contribution in [0.3, 0.4) is 0 Å². The van der Waals surface area contributed by atoms with E-state index in [1.165, 1.54) is 18.9 Å². The van der Waals surface area contributed by atoms with Crippen molar-refractivity contribution in [1.82, 2.24) is 10.2 Å². The van der Waals surface area contributed by atoms with Gasteiger partial charge in [0.1, 0.15) is 12.1 Å². The number of carboxylic acids is 1. The molecule has 0 fully saturated rings. The minimum absolute atomic E-state index is 0.0777. The van der Waals surface area contributed by atoms with E-state index in [9.17, 15) is 14.4 Å². The predicted octanol–water partition coefficient (Wildman–Crippen LogP) is 0.407. The second-order valence-electron chi connectivity index (χ2n) is 6.14. The summed E-state index contributed by atoms with van der Waals surface area (Å²) in [7, 11) is 1.45. The molecule has 0 aliphatic heterocycles. The van der Waals surface area contributed by atoms with Crippen LogP contribution in [0, 0.1) is 0 Å². The van der Waals surface area contributed by atoms with Crippen LogP contribution in [0.25, 0.3) is 0 Å². The van der Waals surface area contributed by atoms with E-state index >= 15 is 0 Å². The summed E-state index contributed by atoms with van der Waals surface area (Å²) >= 11 is 0. The van der Waals surface area contributed by atoms with E-state index in [0.717, 1.165) is 0 Å². The number of nitrogens with zero attached hydrogens (tertiary/aromatic N) is 1. The number of carbonyl (C=O) groups excluding carboxylic acids is 2. The van der Waals surface area contributed by atoms with Gasteiger partial charge in [0, 0.05) is 13.5 Å². The lowest BCUT2D eigenvalue weighted by Gasteiger charge is -2.25. The van der Waals surface area contributed by atoms with Crippen molar-refractivity contribution < 1.29 is 38.4 Å². The van der Waals surface area contributed by atoms with Crippen LogP contribution in [0.2, 0.25) is 0 Å². The van der Waals surface area contributed by atoms with Crippen LogP contribution in [-0.4, -0.2) is 80.0 Å². The number of carboxylic acid groups (broad SMARTS) is 1. The molecule has 25 heavy (non-hydrogen) atoms. The van der Waals surface area contributed by atoms with E-state index < -0.39 is 30.0 Å². The molecule has 0 rings (SSSR count). The maximum Gasteiger partial charge on any atom is 0.407 e. The third-order valence-electron chi connectivity index (χ3n) is 2.41. The van der Waals surface area contributed by atoms with Crippen molar-refractivity contribution in [2.45, 2.75) is 39.7 Å². The highest BCUT2D eigenvalue weighted by Gasteiger charge is 2.20. The summed E-state index contributed by atoms with van der Waals surface area (Å²) in [6.07, 6.45) is -1.64.